The van der Waals surface area contributed by atoms with Crippen LogP contribution < -0.4 is 9.80 Å². The van der Waals surface area contributed by atoms with E-state index in [1.807, 2.05) is 0 Å². The van der Waals surface area contributed by atoms with Crippen molar-refractivity contribution in [2.45, 2.75) is 125 Å². The Hall–Kier alpha value is -8.80. The number of hydrogen-bond donors (Lipinski definition) is 0. The lowest BCUT2D eigenvalue weighted by Crippen LogP contribution is -2.14. The summed E-state index contributed by atoms with van der Waals surface area (Å²) in [6.07, 6.45) is 16.1. The smallest absolute Gasteiger partial charge is 0.0546 e. The minimum atomic E-state index is 1.06. The summed E-state index contributed by atoms with van der Waals surface area (Å²) in [5.41, 5.74) is 27.4. The lowest BCUT2D eigenvalue weighted by atomic mass is 9.89. The normalized spacial score (nSPS) is 13.4. The summed E-state index contributed by atoms with van der Waals surface area (Å²) in [4.78, 5) is 5.06. The van der Waals surface area contributed by atoms with Crippen molar-refractivity contribution in [1.29, 1.82) is 0 Å². The van der Waals surface area contributed by atoms with Gasteiger partial charge in [0.1, 0.15) is 0 Å². The van der Waals surface area contributed by atoms with Gasteiger partial charge in [0.25, 0.3) is 0 Å². The van der Waals surface area contributed by atoms with Crippen LogP contribution in [-0.4, -0.2) is 0 Å². The molecule has 0 heterocycles. The maximum absolute atomic E-state index is 3.71. The van der Waals surface area contributed by atoms with E-state index in [4.69, 9.17) is 0 Å². The molecule has 0 amide bonds. The Morgan fingerprint density at radius 3 is 0.947 bits per heavy atom. The SMILES string of the molecule is Brc1cc2c3ccccc3c(Br)cc2c2ccccc12.Cc1ccc(Cc2ccc3c(c2)CCCC3)cc1C.Cc1ccc(N(c2ccc3c(c2)CCCC3)c2cc3c4ccccc4c(N(c4ccc(C)c(C)c4)c4ccc5c(c4)CCCC5)cc3c3ccccc23)cc1C. The first kappa shape index (κ1) is 62.3. The van der Waals surface area contributed by atoms with E-state index in [1.54, 1.807) is 11.1 Å². The van der Waals surface area contributed by atoms with Crippen molar-refractivity contribution in [2.75, 3.05) is 9.80 Å². The van der Waals surface area contributed by atoms with Crippen LogP contribution in [0.25, 0.3) is 64.6 Å². The molecule has 0 bridgehead atoms. The van der Waals surface area contributed by atoms with Gasteiger partial charge in [-0.15, -0.1) is 0 Å². The zero-order valence-corrected chi connectivity index (χ0v) is 59.0. The molecule has 14 aromatic rings. The number of halogens is 2. The average molecular weight is 1360 g/mol. The van der Waals surface area contributed by atoms with Crippen molar-refractivity contribution in [3.05, 3.63) is 317 Å². The summed E-state index contributed by atoms with van der Waals surface area (Å²) in [5.74, 6) is 0. The molecule has 0 fully saturated rings. The first-order chi connectivity index (χ1) is 46.4. The van der Waals surface area contributed by atoms with Gasteiger partial charge in [0.2, 0.25) is 0 Å². The highest BCUT2D eigenvalue weighted by molar-refractivity contribution is 9.11. The van der Waals surface area contributed by atoms with E-state index in [-0.39, 0.29) is 0 Å². The van der Waals surface area contributed by atoms with Gasteiger partial charge in [-0.05, 0) is 330 Å². The van der Waals surface area contributed by atoms with Crippen LogP contribution in [0, 0.1) is 41.5 Å². The van der Waals surface area contributed by atoms with Crippen molar-refractivity contribution in [3.63, 3.8) is 0 Å². The van der Waals surface area contributed by atoms with E-state index in [9.17, 15) is 0 Å². The van der Waals surface area contributed by atoms with Crippen LogP contribution in [-0.2, 0) is 44.9 Å². The molecule has 3 aliphatic rings. The van der Waals surface area contributed by atoms with Crippen LogP contribution in [0.3, 0.4) is 0 Å². The van der Waals surface area contributed by atoms with Crippen molar-refractivity contribution < 1.29 is 0 Å². The Balaban J connectivity index is 0.000000153. The Labute approximate surface area is 578 Å². The Morgan fingerprint density at radius 2 is 0.537 bits per heavy atom. The Bertz CT molecular complexity index is 5030. The minimum absolute atomic E-state index is 1.06. The van der Waals surface area contributed by atoms with Gasteiger partial charge in [-0.3, -0.25) is 0 Å². The van der Waals surface area contributed by atoms with Crippen LogP contribution in [0.5, 0.6) is 0 Å². The largest absolute Gasteiger partial charge is 0.310 e. The Kier molecular flexibility index (Phi) is 17.6. The van der Waals surface area contributed by atoms with Crippen LogP contribution in [0.15, 0.2) is 239 Å². The molecule has 0 aromatic heterocycles. The molecule has 0 atom stereocenters. The molecular formula is C91H82Br2N2. The van der Waals surface area contributed by atoms with E-state index >= 15 is 0 Å². The minimum Gasteiger partial charge on any atom is -0.310 e. The molecule has 0 unspecified atom stereocenters. The number of hydrogen-bond acceptors (Lipinski definition) is 2. The van der Waals surface area contributed by atoms with Crippen molar-refractivity contribution in [2.24, 2.45) is 0 Å². The fourth-order valence-corrected chi connectivity index (χ4v) is 16.6. The molecule has 4 heteroatoms. The topological polar surface area (TPSA) is 6.48 Å². The van der Waals surface area contributed by atoms with E-state index in [2.05, 4.69) is 314 Å². The predicted octanol–water partition coefficient (Wildman–Crippen LogP) is 26.5. The molecule has 0 saturated carbocycles. The maximum atomic E-state index is 3.71. The molecule has 2 nitrogen and oxygen atoms in total. The van der Waals surface area contributed by atoms with Crippen LogP contribution in [0.2, 0.25) is 0 Å². The number of fused-ring (bicyclic) bond motifs is 13. The summed E-state index contributed by atoms with van der Waals surface area (Å²) in [6, 6.07) is 86.9. The van der Waals surface area contributed by atoms with Gasteiger partial charge < -0.3 is 9.80 Å². The van der Waals surface area contributed by atoms with Crippen LogP contribution >= 0.6 is 31.9 Å². The molecule has 0 saturated heterocycles. The zero-order valence-electron chi connectivity index (χ0n) is 55.8. The highest BCUT2D eigenvalue weighted by Crippen LogP contribution is 2.49. The lowest BCUT2D eigenvalue weighted by molar-refractivity contribution is 0.684. The third-order valence-corrected chi connectivity index (χ3v) is 22.5. The molecule has 17 rings (SSSR count). The number of anilines is 6. The van der Waals surface area contributed by atoms with Gasteiger partial charge in [0.05, 0.1) is 11.4 Å². The maximum Gasteiger partial charge on any atom is 0.0546 e. The zero-order chi connectivity index (χ0) is 64.8. The Morgan fingerprint density at radius 1 is 0.242 bits per heavy atom. The van der Waals surface area contributed by atoms with E-state index < -0.39 is 0 Å². The third kappa shape index (κ3) is 12.4. The van der Waals surface area contributed by atoms with Crippen LogP contribution in [0.4, 0.5) is 34.1 Å². The summed E-state index contributed by atoms with van der Waals surface area (Å²) in [7, 11) is 0. The van der Waals surface area contributed by atoms with E-state index in [1.165, 1.54) is 230 Å². The van der Waals surface area contributed by atoms with Gasteiger partial charge in [-0.2, -0.15) is 0 Å². The molecule has 3 aliphatic carbocycles. The average Bonchev–Trinajstić information content (AvgIpc) is 0.732. The standard InChI is InChI=1S/C54H50N2.C19H22.C18H10Br2/c1-35-21-25-43(29-37(35)3)55(45-27-23-39-13-5-7-15-41(39)31-45)53-33-51-48-18-10-12-20-50(48)54(34-52(51)47-17-9-11-19-49(47)53)56(44-26-22-36(2)38(4)30-44)46-28-24-40-14-6-8-16-42(40)32-46;1-14-7-8-16(11-15(14)2)12-17-9-10-18-5-3-4-6-19(18)13-17;19-17-10-16-12-6-2-4-8-14(12)18(20)9-15(16)11-5-1-3-7-13(11)17/h9-12,17-34H,5-8,13-16H2,1-4H3;7-11,13H,3-6,12H2,1-2H3;1-10H. The summed E-state index contributed by atoms with van der Waals surface area (Å²) in [6.45, 7) is 13.3. The van der Waals surface area contributed by atoms with Gasteiger partial charge in [-0.25, -0.2) is 0 Å². The fourth-order valence-electron chi connectivity index (χ4n) is 15.5. The lowest BCUT2D eigenvalue weighted by Gasteiger charge is -2.31. The van der Waals surface area contributed by atoms with Gasteiger partial charge in [0.15, 0.2) is 0 Å². The van der Waals surface area contributed by atoms with Crippen molar-refractivity contribution >= 4 is 131 Å². The molecule has 0 N–H and O–H groups in total. The van der Waals surface area contributed by atoms with Gasteiger partial charge in [-0.1, -0.05) is 190 Å². The first-order valence-corrected chi connectivity index (χ1v) is 36.2. The predicted molar refractivity (Wildman–Crippen MR) is 417 cm³/mol. The summed E-state index contributed by atoms with van der Waals surface area (Å²) >= 11 is 7.42. The highest BCUT2D eigenvalue weighted by atomic mass is 79.9. The molecule has 470 valence electrons. The molecule has 0 radical (unpaired) electrons. The monoisotopic (exact) mass is 1360 g/mol. The number of aryl methyl sites for hydroxylation is 12. The van der Waals surface area contributed by atoms with E-state index in [0.717, 1.165) is 28.2 Å². The molecule has 14 aromatic carbocycles. The van der Waals surface area contributed by atoms with Crippen molar-refractivity contribution in [1.82, 2.24) is 0 Å². The fraction of sp³-hybridized carbons (Fsp3) is 0.209. The van der Waals surface area contributed by atoms with Gasteiger partial charge in [0, 0.05) is 42.5 Å². The second-order valence-electron chi connectivity index (χ2n) is 27.3. The molecular weight excluding hydrogens is 1280 g/mol. The van der Waals surface area contributed by atoms with Gasteiger partial charge >= 0.3 is 0 Å². The quantitative estimate of drug-likeness (QED) is 0.140. The molecule has 95 heavy (non-hydrogen) atoms. The number of nitrogens with zero attached hydrogens (tertiary/aromatic N) is 2. The summed E-state index contributed by atoms with van der Waals surface area (Å²) < 4.78 is 2.29. The van der Waals surface area contributed by atoms with E-state index in [0.29, 0.717) is 0 Å². The first-order valence-electron chi connectivity index (χ1n) is 34.6. The second-order valence-corrected chi connectivity index (χ2v) is 29.0. The molecule has 0 aliphatic heterocycles. The number of benzene rings is 14. The third-order valence-electron chi connectivity index (χ3n) is 21.2. The number of rotatable bonds is 8. The summed E-state index contributed by atoms with van der Waals surface area (Å²) in [5, 5.41) is 15.2. The van der Waals surface area contributed by atoms with Crippen LogP contribution in [0.1, 0.15) is 116 Å². The second kappa shape index (κ2) is 26.8. The van der Waals surface area contributed by atoms with Crippen molar-refractivity contribution in [3.8, 4) is 0 Å². The highest BCUT2D eigenvalue weighted by Gasteiger charge is 2.25. The molecule has 0 spiro atoms.